The van der Waals surface area contributed by atoms with Crippen LogP contribution in [0.15, 0.2) is 34.1 Å². The molecular formula is C15H15BrO2S. The van der Waals surface area contributed by atoms with Crippen LogP contribution in [0.2, 0.25) is 0 Å². The van der Waals surface area contributed by atoms with Crippen LogP contribution in [0, 0.1) is 0 Å². The zero-order valence-electron chi connectivity index (χ0n) is 10.4. The van der Waals surface area contributed by atoms with Gasteiger partial charge in [0.1, 0.15) is 12.4 Å². The quantitative estimate of drug-likeness (QED) is 0.895. The Kier molecular flexibility index (Phi) is 3.91. The number of hydrogen-bond donors (Lipinski definition) is 1. The number of aliphatic hydroxyl groups excluding tert-OH is 1. The first kappa shape index (κ1) is 13.2. The van der Waals surface area contributed by atoms with Crippen LogP contribution in [0.25, 0.3) is 0 Å². The molecule has 0 fully saturated rings. The third kappa shape index (κ3) is 2.86. The van der Waals surface area contributed by atoms with Gasteiger partial charge in [-0.15, -0.1) is 11.3 Å². The summed E-state index contributed by atoms with van der Waals surface area (Å²) in [6, 6.07) is 8.09. The summed E-state index contributed by atoms with van der Waals surface area (Å²) in [5, 5.41) is 12.1. The van der Waals surface area contributed by atoms with E-state index in [9.17, 15) is 5.11 Å². The van der Waals surface area contributed by atoms with Gasteiger partial charge in [0.05, 0.1) is 11.0 Å². The van der Waals surface area contributed by atoms with Crippen LogP contribution in [-0.4, -0.2) is 5.11 Å². The number of aryl methyl sites for hydroxylation is 1. The Morgan fingerprint density at radius 2 is 2.26 bits per heavy atom. The number of rotatable bonds is 3. The van der Waals surface area contributed by atoms with Gasteiger partial charge in [0.25, 0.3) is 0 Å². The molecule has 3 rings (SSSR count). The van der Waals surface area contributed by atoms with Gasteiger partial charge in [-0.2, -0.15) is 0 Å². The van der Waals surface area contributed by atoms with E-state index >= 15 is 0 Å². The average molecular weight is 339 g/mol. The number of fused-ring (bicyclic) bond motifs is 1. The van der Waals surface area contributed by atoms with Crippen molar-refractivity contribution in [3.63, 3.8) is 0 Å². The van der Waals surface area contributed by atoms with E-state index in [1.54, 1.807) is 11.3 Å². The molecule has 0 spiro atoms. The molecule has 1 N–H and O–H groups in total. The summed E-state index contributed by atoms with van der Waals surface area (Å²) in [6.45, 7) is 0.563. The van der Waals surface area contributed by atoms with Crippen LogP contribution < -0.4 is 4.74 Å². The fraction of sp³-hybridized carbons (Fsp3) is 0.333. The highest BCUT2D eigenvalue weighted by molar-refractivity contribution is 9.10. The van der Waals surface area contributed by atoms with Crippen molar-refractivity contribution in [2.24, 2.45) is 0 Å². The Labute approximate surface area is 125 Å². The van der Waals surface area contributed by atoms with E-state index in [-0.39, 0.29) is 6.10 Å². The van der Waals surface area contributed by atoms with Gasteiger partial charge in [0.15, 0.2) is 0 Å². The molecule has 4 heteroatoms. The Balaban J connectivity index is 1.75. The first-order valence-electron chi connectivity index (χ1n) is 6.39. The van der Waals surface area contributed by atoms with E-state index < -0.39 is 0 Å². The molecule has 100 valence electrons. The molecule has 0 aliphatic heterocycles. The molecule has 1 aromatic carbocycles. The Morgan fingerprint density at radius 3 is 3.05 bits per heavy atom. The molecule has 0 saturated carbocycles. The summed E-state index contributed by atoms with van der Waals surface area (Å²) in [6.07, 6.45) is 2.65. The second-order valence-corrected chi connectivity index (χ2v) is 6.60. The smallest absolute Gasteiger partial charge is 0.124 e. The Hall–Kier alpha value is -0.840. The highest BCUT2D eigenvalue weighted by Crippen LogP contribution is 2.33. The Bertz CT molecular complexity index is 579. The number of hydrogen-bond acceptors (Lipinski definition) is 3. The van der Waals surface area contributed by atoms with Crippen LogP contribution in [0.1, 0.15) is 34.9 Å². The van der Waals surface area contributed by atoms with Crippen LogP contribution in [0.3, 0.4) is 0 Å². The maximum Gasteiger partial charge on any atom is 0.124 e. The predicted octanol–water partition coefficient (Wildman–Crippen LogP) is 4.46. The fourth-order valence-electron chi connectivity index (χ4n) is 2.42. The molecule has 1 heterocycles. The van der Waals surface area contributed by atoms with Gasteiger partial charge in [0.2, 0.25) is 0 Å². The highest BCUT2D eigenvalue weighted by atomic mass is 79.9. The molecular weight excluding hydrogens is 324 g/mol. The zero-order chi connectivity index (χ0) is 13.2. The van der Waals surface area contributed by atoms with E-state index in [0.717, 1.165) is 35.0 Å². The zero-order valence-corrected chi connectivity index (χ0v) is 12.8. The summed E-state index contributed by atoms with van der Waals surface area (Å²) in [4.78, 5) is 1.18. The van der Waals surface area contributed by atoms with Crippen LogP contribution in [0.5, 0.6) is 5.75 Å². The molecule has 2 aromatic rings. The summed E-state index contributed by atoms with van der Waals surface area (Å²) in [5.41, 5.74) is 2.29. The lowest BCUT2D eigenvalue weighted by atomic mass is 9.89. The normalized spacial score (nSPS) is 18.1. The highest BCUT2D eigenvalue weighted by Gasteiger charge is 2.18. The molecule has 0 bridgehead atoms. The number of thiophene rings is 1. The largest absolute Gasteiger partial charge is 0.488 e. The number of aliphatic hydroxyl groups is 1. The SMILES string of the molecule is O[C@@H]1CCCc2ccc(OCc3sccc3Br)cc21. The van der Waals surface area contributed by atoms with Gasteiger partial charge in [-0.25, -0.2) is 0 Å². The number of benzene rings is 1. The van der Waals surface area contributed by atoms with Gasteiger partial charge in [-0.3, -0.25) is 0 Å². The van der Waals surface area contributed by atoms with Crippen molar-refractivity contribution in [2.75, 3.05) is 0 Å². The summed E-state index contributed by atoms with van der Waals surface area (Å²) >= 11 is 5.18. The topological polar surface area (TPSA) is 29.5 Å². The molecule has 19 heavy (non-hydrogen) atoms. The molecule has 0 amide bonds. The van der Waals surface area contributed by atoms with Crippen molar-refractivity contribution < 1.29 is 9.84 Å². The number of halogens is 1. The second-order valence-electron chi connectivity index (χ2n) is 4.75. The molecule has 2 nitrogen and oxygen atoms in total. The standard InChI is InChI=1S/C15H15BrO2S/c16-13-6-7-19-15(13)9-18-11-5-4-10-2-1-3-14(17)12(10)8-11/h4-8,14,17H,1-3,9H2/t14-/m1/s1. The van der Waals surface area contributed by atoms with E-state index in [4.69, 9.17) is 4.74 Å². The maximum atomic E-state index is 10.0. The monoisotopic (exact) mass is 338 g/mol. The van der Waals surface area contributed by atoms with Gasteiger partial charge in [-0.05, 0) is 69.9 Å². The summed E-state index contributed by atoms with van der Waals surface area (Å²) in [5.74, 6) is 0.833. The first-order valence-corrected chi connectivity index (χ1v) is 8.07. The molecule has 1 aliphatic rings. The lowest BCUT2D eigenvalue weighted by Gasteiger charge is -2.21. The van der Waals surface area contributed by atoms with Crippen molar-refractivity contribution in [3.05, 3.63) is 50.1 Å². The third-order valence-corrected chi connectivity index (χ3v) is 5.36. The van der Waals surface area contributed by atoms with E-state index in [2.05, 4.69) is 22.0 Å². The van der Waals surface area contributed by atoms with E-state index in [0.29, 0.717) is 6.61 Å². The molecule has 1 aliphatic carbocycles. The van der Waals surface area contributed by atoms with Gasteiger partial charge in [-0.1, -0.05) is 6.07 Å². The lowest BCUT2D eigenvalue weighted by molar-refractivity contribution is 0.156. The van der Waals surface area contributed by atoms with Crippen LogP contribution in [0.4, 0.5) is 0 Å². The molecule has 0 saturated heterocycles. The Morgan fingerprint density at radius 1 is 1.37 bits per heavy atom. The minimum Gasteiger partial charge on any atom is -0.488 e. The van der Waals surface area contributed by atoms with Gasteiger partial charge in [0, 0.05) is 4.47 Å². The molecule has 1 atom stereocenters. The fourth-order valence-corrected chi connectivity index (χ4v) is 3.80. The minimum atomic E-state index is -0.333. The van der Waals surface area contributed by atoms with Crippen molar-refractivity contribution in [1.29, 1.82) is 0 Å². The molecule has 0 unspecified atom stereocenters. The first-order chi connectivity index (χ1) is 9.24. The number of ether oxygens (including phenoxy) is 1. The predicted molar refractivity (Wildman–Crippen MR) is 80.7 cm³/mol. The van der Waals surface area contributed by atoms with Crippen molar-refractivity contribution >= 4 is 27.3 Å². The summed E-state index contributed by atoms with van der Waals surface area (Å²) < 4.78 is 6.91. The van der Waals surface area contributed by atoms with Crippen LogP contribution in [-0.2, 0) is 13.0 Å². The van der Waals surface area contributed by atoms with Crippen molar-refractivity contribution in [2.45, 2.75) is 32.0 Å². The van der Waals surface area contributed by atoms with E-state index in [1.807, 2.05) is 23.6 Å². The van der Waals surface area contributed by atoms with Crippen LogP contribution >= 0.6 is 27.3 Å². The molecule has 1 aromatic heterocycles. The van der Waals surface area contributed by atoms with Crippen molar-refractivity contribution in [3.8, 4) is 5.75 Å². The second kappa shape index (κ2) is 5.65. The van der Waals surface area contributed by atoms with E-state index in [1.165, 1.54) is 10.4 Å². The van der Waals surface area contributed by atoms with Gasteiger partial charge >= 0.3 is 0 Å². The average Bonchev–Trinajstić information content (AvgIpc) is 2.83. The molecule has 0 radical (unpaired) electrons. The van der Waals surface area contributed by atoms with Gasteiger partial charge < -0.3 is 9.84 Å². The van der Waals surface area contributed by atoms with Crippen molar-refractivity contribution in [1.82, 2.24) is 0 Å². The maximum absolute atomic E-state index is 10.0. The summed E-state index contributed by atoms with van der Waals surface area (Å²) in [7, 11) is 0. The third-order valence-electron chi connectivity index (χ3n) is 3.46. The minimum absolute atomic E-state index is 0.333. The lowest BCUT2D eigenvalue weighted by Crippen LogP contribution is -2.09.